The molecule has 0 aliphatic heterocycles. The molecular weight excluding hydrogens is 269 g/mol. The van der Waals surface area contributed by atoms with Crippen LogP contribution in [0.15, 0.2) is 0 Å². The lowest BCUT2D eigenvalue weighted by Crippen LogP contribution is -2.42. The summed E-state index contributed by atoms with van der Waals surface area (Å²) in [6.45, 7) is 1.99. The average Bonchev–Trinajstić information content (AvgIpc) is 2.36. The Morgan fingerprint density at radius 3 is 2.56 bits per heavy atom. The molecule has 1 N–H and O–H groups in total. The Bertz CT molecular complexity index is 258. The van der Waals surface area contributed by atoms with Crippen LogP contribution in [-0.2, 0) is 14.1 Å². The topological polar surface area (TPSA) is 55.4 Å². The molecule has 0 aromatic carbocycles. The lowest BCUT2D eigenvalue weighted by Gasteiger charge is -2.31. The fourth-order valence-corrected chi connectivity index (χ4v) is 3.33. The van der Waals surface area contributed by atoms with Gasteiger partial charge in [0.15, 0.2) is 0 Å². The molecule has 104 valence electrons. The Kier molecular flexibility index (Phi) is 8.07. The van der Waals surface area contributed by atoms with Crippen molar-refractivity contribution in [2.24, 2.45) is 0 Å². The quantitative estimate of drug-likeness (QED) is 0.409. The number of rotatable bonds is 8. The van der Waals surface area contributed by atoms with E-state index < -0.39 is 7.35 Å². The number of thiol groups is 1. The number of nitrogens with one attached hydrogen (secondary N) is 1. The average molecular weight is 291 g/mol. The predicted octanol–water partition coefficient (Wildman–Crippen LogP) is 2.32. The Hall–Kier alpha value is 0.0400. The fraction of sp³-hybridized carbons (Fsp3) is 0.833. The molecule has 4 nitrogen and oxygen atoms in total. The molecule has 1 aliphatic rings. The van der Waals surface area contributed by atoms with Crippen molar-refractivity contribution >= 4 is 32.2 Å². The maximum atomic E-state index is 10.9. The Balaban J connectivity index is 2.25. The van der Waals surface area contributed by atoms with Crippen molar-refractivity contribution in [1.82, 2.24) is 5.32 Å². The van der Waals surface area contributed by atoms with E-state index in [-0.39, 0.29) is 6.04 Å². The van der Waals surface area contributed by atoms with Gasteiger partial charge < -0.3 is 19.4 Å². The van der Waals surface area contributed by atoms with Gasteiger partial charge in [-0.25, -0.2) is 0 Å². The van der Waals surface area contributed by atoms with E-state index in [0.29, 0.717) is 25.0 Å². The van der Waals surface area contributed by atoms with Crippen LogP contribution in [0.2, 0.25) is 0 Å². The van der Waals surface area contributed by atoms with E-state index in [1.807, 2.05) is 6.66 Å². The first-order valence-corrected chi connectivity index (χ1v) is 9.26. The first kappa shape index (κ1) is 16.1. The summed E-state index contributed by atoms with van der Waals surface area (Å²) in [5, 5.41) is 3.32. The first-order valence-electron chi connectivity index (χ1n) is 6.40. The van der Waals surface area contributed by atoms with Gasteiger partial charge in [0.25, 0.3) is 0 Å². The van der Waals surface area contributed by atoms with Gasteiger partial charge in [-0.2, -0.15) is 0 Å². The molecule has 1 rings (SSSR count). The zero-order valence-corrected chi connectivity index (χ0v) is 12.5. The van der Waals surface area contributed by atoms with Gasteiger partial charge in [-0.3, -0.25) is 0 Å². The molecule has 0 bridgehead atoms. The number of carbonyl (C=O) groups is 2. The number of hydrogen-bond acceptors (Lipinski definition) is 5. The highest BCUT2D eigenvalue weighted by Crippen LogP contribution is 2.41. The third-order valence-corrected chi connectivity index (χ3v) is 4.07. The SMILES string of the molecule is CP(S)O[C@H]1CC[C@@H](NC(C=O)CCC=O)CC1. The van der Waals surface area contributed by atoms with Crippen LogP contribution in [-0.4, -0.2) is 37.4 Å². The van der Waals surface area contributed by atoms with E-state index in [0.717, 1.165) is 38.3 Å². The fourth-order valence-electron chi connectivity index (χ4n) is 2.29. The van der Waals surface area contributed by atoms with Crippen molar-refractivity contribution in [2.45, 2.75) is 56.7 Å². The normalized spacial score (nSPS) is 27.4. The van der Waals surface area contributed by atoms with Gasteiger partial charge in [0.05, 0.1) is 19.5 Å². The van der Waals surface area contributed by atoms with Crippen LogP contribution >= 0.6 is 19.6 Å². The minimum atomic E-state index is -0.586. The minimum absolute atomic E-state index is 0.189. The molecule has 2 atom stereocenters. The maximum Gasteiger partial charge on any atom is 0.136 e. The van der Waals surface area contributed by atoms with Crippen LogP contribution in [0.5, 0.6) is 0 Å². The van der Waals surface area contributed by atoms with Gasteiger partial charge in [0.1, 0.15) is 12.6 Å². The van der Waals surface area contributed by atoms with Gasteiger partial charge in [0, 0.05) is 12.5 Å². The summed E-state index contributed by atoms with van der Waals surface area (Å²) in [5.74, 6) is 0. The lowest BCUT2D eigenvalue weighted by atomic mass is 9.92. The molecule has 0 radical (unpaired) electrons. The summed E-state index contributed by atoms with van der Waals surface area (Å²) in [5.41, 5.74) is 0. The van der Waals surface area contributed by atoms with E-state index in [2.05, 4.69) is 17.6 Å². The molecule has 0 spiro atoms. The molecule has 18 heavy (non-hydrogen) atoms. The highest BCUT2D eigenvalue weighted by molar-refractivity contribution is 8.43. The van der Waals surface area contributed by atoms with Crippen LogP contribution in [0.3, 0.4) is 0 Å². The van der Waals surface area contributed by atoms with Crippen LogP contribution in [0.25, 0.3) is 0 Å². The molecule has 0 aromatic heterocycles. The second-order valence-corrected chi connectivity index (χ2v) is 7.53. The number of hydrogen-bond donors (Lipinski definition) is 2. The van der Waals surface area contributed by atoms with Crippen molar-refractivity contribution in [3.05, 3.63) is 0 Å². The molecule has 0 aromatic rings. The van der Waals surface area contributed by atoms with Gasteiger partial charge in [-0.1, -0.05) is 0 Å². The molecule has 1 saturated carbocycles. The van der Waals surface area contributed by atoms with Gasteiger partial charge in [-0.15, -0.1) is 12.2 Å². The largest absolute Gasteiger partial charge is 0.345 e. The van der Waals surface area contributed by atoms with Crippen LogP contribution in [0.1, 0.15) is 38.5 Å². The summed E-state index contributed by atoms with van der Waals surface area (Å²) >= 11 is 4.29. The van der Waals surface area contributed by atoms with Crippen molar-refractivity contribution < 1.29 is 14.1 Å². The highest BCUT2D eigenvalue weighted by atomic mass is 32.7. The first-order chi connectivity index (χ1) is 8.65. The van der Waals surface area contributed by atoms with Crippen LogP contribution < -0.4 is 5.32 Å². The maximum absolute atomic E-state index is 10.9. The van der Waals surface area contributed by atoms with E-state index in [1.54, 1.807) is 0 Å². The van der Waals surface area contributed by atoms with Gasteiger partial charge in [-0.05, 0) is 38.8 Å². The molecule has 2 unspecified atom stereocenters. The molecule has 1 fully saturated rings. The Labute approximate surface area is 115 Å². The summed E-state index contributed by atoms with van der Waals surface area (Å²) in [7, 11) is -0.586. The monoisotopic (exact) mass is 291 g/mol. The van der Waals surface area contributed by atoms with Crippen molar-refractivity contribution in [2.75, 3.05) is 6.66 Å². The van der Waals surface area contributed by atoms with Crippen molar-refractivity contribution in [1.29, 1.82) is 0 Å². The molecule has 1 aliphatic carbocycles. The summed E-state index contributed by atoms with van der Waals surface area (Å²) in [4.78, 5) is 21.2. The molecular formula is C12H22NO3PS. The summed E-state index contributed by atoms with van der Waals surface area (Å²) in [6, 6.07) is 0.181. The van der Waals surface area contributed by atoms with Gasteiger partial charge in [0.2, 0.25) is 0 Å². The second-order valence-electron chi connectivity index (χ2n) is 4.70. The predicted molar refractivity (Wildman–Crippen MR) is 77.2 cm³/mol. The Morgan fingerprint density at radius 1 is 1.39 bits per heavy atom. The van der Waals surface area contributed by atoms with E-state index >= 15 is 0 Å². The third-order valence-electron chi connectivity index (χ3n) is 3.19. The van der Waals surface area contributed by atoms with Crippen LogP contribution in [0, 0.1) is 0 Å². The highest BCUT2D eigenvalue weighted by Gasteiger charge is 2.24. The number of carbonyl (C=O) groups excluding carboxylic acids is 2. The van der Waals surface area contributed by atoms with Crippen molar-refractivity contribution in [3.8, 4) is 0 Å². The second kappa shape index (κ2) is 9.03. The van der Waals surface area contributed by atoms with Gasteiger partial charge >= 0.3 is 0 Å². The molecule has 6 heteroatoms. The molecule has 0 heterocycles. The van der Waals surface area contributed by atoms with E-state index in [4.69, 9.17) is 4.52 Å². The zero-order valence-electron chi connectivity index (χ0n) is 10.7. The van der Waals surface area contributed by atoms with E-state index in [1.165, 1.54) is 0 Å². The lowest BCUT2D eigenvalue weighted by molar-refractivity contribution is -0.110. The van der Waals surface area contributed by atoms with Crippen molar-refractivity contribution in [3.63, 3.8) is 0 Å². The van der Waals surface area contributed by atoms with E-state index in [9.17, 15) is 9.59 Å². The standard InChI is InChI=1S/C12H22NO3PS/c1-17(18)16-12-6-4-10(5-7-12)13-11(9-15)3-2-8-14/h8-13,18H,2-7H2,1H3/t10-,11?,12+,17?. The Morgan fingerprint density at radius 2 is 2.06 bits per heavy atom. The number of aldehydes is 2. The molecule has 0 amide bonds. The summed E-state index contributed by atoms with van der Waals surface area (Å²) < 4.78 is 5.72. The minimum Gasteiger partial charge on any atom is -0.345 e. The van der Waals surface area contributed by atoms with Crippen LogP contribution in [0.4, 0.5) is 0 Å². The molecule has 0 saturated heterocycles. The summed E-state index contributed by atoms with van der Waals surface area (Å²) in [6.07, 6.45) is 7.20. The zero-order chi connectivity index (χ0) is 13.4. The third kappa shape index (κ3) is 6.28. The smallest absolute Gasteiger partial charge is 0.136 e.